The number of aryl methyl sites for hydroxylation is 1. The SMILES string of the molecule is C=Cc1cc(C#N)c(C)nc1NC. The molecule has 0 amide bonds. The molecule has 1 aromatic heterocycles. The fourth-order valence-corrected chi connectivity index (χ4v) is 1.09. The van der Waals surface area contributed by atoms with Crippen LogP contribution in [0.3, 0.4) is 0 Å². The summed E-state index contributed by atoms with van der Waals surface area (Å²) in [5.41, 5.74) is 2.18. The Morgan fingerprint density at radius 2 is 2.38 bits per heavy atom. The Kier molecular flexibility index (Phi) is 2.65. The number of aromatic nitrogens is 1. The van der Waals surface area contributed by atoms with Gasteiger partial charge in [0, 0.05) is 12.6 Å². The summed E-state index contributed by atoms with van der Waals surface area (Å²) in [7, 11) is 1.79. The Balaban J connectivity index is 3.36. The van der Waals surface area contributed by atoms with Crippen LogP contribution in [-0.2, 0) is 0 Å². The standard InChI is InChI=1S/C10H11N3/c1-4-8-5-9(6-11)7(2)13-10(8)12-3/h4-5H,1H2,2-3H3,(H,12,13). The molecule has 1 heterocycles. The highest BCUT2D eigenvalue weighted by Gasteiger charge is 2.04. The number of nitrogens with zero attached hydrogens (tertiary/aromatic N) is 2. The van der Waals surface area contributed by atoms with Crippen molar-refractivity contribution >= 4 is 11.9 Å². The highest BCUT2D eigenvalue weighted by molar-refractivity contribution is 5.64. The quantitative estimate of drug-likeness (QED) is 0.743. The molecule has 1 aromatic rings. The molecule has 0 radical (unpaired) electrons. The van der Waals surface area contributed by atoms with Gasteiger partial charge in [-0.1, -0.05) is 12.7 Å². The normalized spacial score (nSPS) is 9.00. The summed E-state index contributed by atoms with van der Waals surface area (Å²) in [4.78, 5) is 4.23. The van der Waals surface area contributed by atoms with Crippen LogP contribution in [0.15, 0.2) is 12.6 Å². The summed E-state index contributed by atoms with van der Waals surface area (Å²) in [5, 5.41) is 11.7. The monoisotopic (exact) mass is 173 g/mol. The van der Waals surface area contributed by atoms with Crippen molar-refractivity contribution in [3.05, 3.63) is 29.5 Å². The van der Waals surface area contributed by atoms with Gasteiger partial charge in [-0.2, -0.15) is 5.26 Å². The van der Waals surface area contributed by atoms with E-state index in [0.29, 0.717) is 5.56 Å². The van der Waals surface area contributed by atoms with Gasteiger partial charge in [-0.05, 0) is 13.0 Å². The van der Waals surface area contributed by atoms with E-state index in [0.717, 1.165) is 17.1 Å². The molecule has 0 aromatic carbocycles. The van der Waals surface area contributed by atoms with Crippen molar-refractivity contribution in [1.82, 2.24) is 4.98 Å². The van der Waals surface area contributed by atoms with Gasteiger partial charge in [-0.15, -0.1) is 0 Å². The lowest BCUT2D eigenvalue weighted by molar-refractivity contribution is 1.16. The molecule has 3 nitrogen and oxygen atoms in total. The predicted octanol–water partition coefficient (Wildman–Crippen LogP) is 1.95. The van der Waals surface area contributed by atoms with Gasteiger partial charge in [0.15, 0.2) is 0 Å². The molecule has 0 aliphatic heterocycles. The predicted molar refractivity (Wildman–Crippen MR) is 53.3 cm³/mol. The van der Waals surface area contributed by atoms with Gasteiger partial charge in [0.25, 0.3) is 0 Å². The van der Waals surface area contributed by atoms with Gasteiger partial charge in [-0.3, -0.25) is 0 Å². The first-order valence-electron chi connectivity index (χ1n) is 3.95. The Hall–Kier alpha value is -1.82. The van der Waals surface area contributed by atoms with Crippen molar-refractivity contribution in [2.24, 2.45) is 0 Å². The molecule has 3 heteroatoms. The van der Waals surface area contributed by atoms with E-state index in [1.54, 1.807) is 19.2 Å². The zero-order valence-corrected chi connectivity index (χ0v) is 7.76. The molecule has 0 bridgehead atoms. The summed E-state index contributed by atoms with van der Waals surface area (Å²) < 4.78 is 0. The minimum absolute atomic E-state index is 0.592. The molecule has 0 saturated carbocycles. The first-order valence-corrected chi connectivity index (χ1v) is 3.95. The number of nitriles is 1. The zero-order valence-electron chi connectivity index (χ0n) is 7.76. The Labute approximate surface area is 77.7 Å². The van der Waals surface area contributed by atoms with E-state index < -0.39 is 0 Å². The van der Waals surface area contributed by atoms with E-state index in [1.807, 2.05) is 6.92 Å². The molecule has 0 aliphatic carbocycles. The summed E-state index contributed by atoms with van der Waals surface area (Å²) in [5.74, 6) is 0.756. The minimum Gasteiger partial charge on any atom is -0.373 e. The van der Waals surface area contributed by atoms with Crippen molar-refractivity contribution < 1.29 is 0 Å². The second kappa shape index (κ2) is 3.72. The Morgan fingerprint density at radius 1 is 1.69 bits per heavy atom. The van der Waals surface area contributed by atoms with Crippen LogP contribution in [0, 0.1) is 18.3 Å². The van der Waals surface area contributed by atoms with Crippen LogP contribution in [0.5, 0.6) is 0 Å². The van der Waals surface area contributed by atoms with Gasteiger partial charge < -0.3 is 5.32 Å². The molecule has 0 spiro atoms. The molecule has 0 fully saturated rings. The third-order valence-corrected chi connectivity index (χ3v) is 1.82. The van der Waals surface area contributed by atoms with Crippen LogP contribution in [0.1, 0.15) is 16.8 Å². The molecule has 0 saturated heterocycles. The van der Waals surface area contributed by atoms with E-state index in [9.17, 15) is 0 Å². The highest BCUT2D eigenvalue weighted by atomic mass is 15.0. The lowest BCUT2D eigenvalue weighted by atomic mass is 10.1. The fraction of sp³-hybridized carbons (Fsp3) is 0.200. The van der Waals surface area contributed by atoms with E-state index in [1.165, 1.54) is 0 Å². The third-order valence-electron chi connectivity index (χ3n) is 1.82. The molecule has 1 rings (SSSR count). The molecular formula is C10H11N3. The first-order chi connectivity index (χ1) is 6.22. The van der Waals surface area contributed by atoms with Crippen LogP contribution in [-0.4, -0.2) is 12.0 Å². The Bertz CT molecular complexity index is 374. The van der Waals surface area contributed by atoms with Crippen molar-refractivity contribution in [3.8, 4) is 6.07 Å². The van der Waals surface area contributed by atoms with Gasteiger partial charge >= 0.3 is 0 Å². The minimum atomic E-state index is 0.592. The number of anilines is 1. The topological polar surface area (TPSA) is 48.7 Å². The molecule has 0 atom stereocenters. The van der Waals surface area contributed by atoms with Crippen molar-refractivity contribution in [3.63, 3.8) is 0 Å². The van der Waals surface area contributed by atoms with Gasteiger partial charge in [0.2, 0.25) is 0 Å². The smallest absolute Gasteiger partial charge is 0.133 e. The molecule has 0 unspecified atom stereocenters. The number of rotatable bonds is 2. The van der Waals surface area contributed by atoms with Crippen molar-refractivity contribution in [1.29, 1.82) is 5.26 Å². The van der Waals surface area contributed by atoms with Gasteiger partial charge in [-0.25, -0.2) is 4.98 Å². The van der Waals surface area contributed by atoms with E-state index >= 15 is 0 Å². The van der Waals surface area contributed by atoms with Crippen LogP contribution >= 0.6 is 0 Å². The zero-order chi connectivity index (χ0) is 9.84. The van der Waals surface area contributed by atoms with Crippen molar-refractivity contribution in [2.45, 2.75) is 6.92 Å². The second-order valence-corrected chi connectivity index (χ2v) is 2.63. The largest absolute Gasteiger partial charge is 0.373 e. The summed E-state index contributed by atoms with van der Waals surface area (Å²) in [6, 6.07) is 3.86. The number of hydrogen-bond donors (Lipinski definition) is 1. The summed E-state index contributed by atoms with van der Waals surface area (Å²) in [6.45, 7) is 5.47. The molecule has 1 N–H and O–H groups in total. The highest BCUT2D eigenvalue weighted by Crippen LogP contribution is 2.17. The summed E-state index contributed by atoms with van der Waals surface area (Å²) in [6.07, 6.45) is 1.68. The van der Waals surface area contributed by atoms with E-state index in [2.05, 4.69) is 22.9 Å². The molecule has 66 valence electrons. The van der Waals surface area contributed by atoms with E-state index in [4.69, 9.17) is 5.26 Å². The van der Waals surface area contributed by atoms with E-state index in [-0.39, 0.29) is 0 Å². The van der Waals surface area contributed by atoms with Gasteiger partial charge in [0.1, 0.15) is 11.9 Å². The number of nitrogens with one attached hydrogen (secondary N) is 1. The van der Waals surface area contributed by atoms with Crippen LogP contribution in [0.4, 0.5) is 5.82 Å². The summed E-state index contributed by atoms with van der Waals surface area (Å²) >= 11 is 0. The van der Waals surface area contributed by atoms with Crippen molar-refractivity contribution in [2.75, 3.05) is 12.4 Å². The van der Waals surface area contributed by atoms with Crippen LogP contribution in [0.25, 0.3) is 6.08 Å². The fourth-order valence-electron chi connectivity index (χ4n) is 1.09. The molecule has 13 heavy (non-hydrogen) atoms. The first kappa shape index (κ1) is 9.27. The maximum Gasteiger partial charge on any atom is 0.133 e. The van der Waals surface area contributed by atoms with Gasteiger partial charge in [0.05, 0.1) is 11.3 Å². The lowest BCUT2D eigenvalue weighted by Crippen LogP contribution is -1.99. The number of pyridine rings is 1. The Morgan fingerprint density at radius 3 is 2.85 bits per heavy atom. The van der Waals surface area contributed by atoms with Crippen LogP contribution in [0.2, 0.25) is 0 Å². The maximum atomic E-state index is 8.76. The average Bonchev–Trinajstić information content (AvgIpc) is 2.17. The third kappa shape index (κ3) is 1.67. The van der Waals surface area contributed by atoms with Crippen LogP contribution < -0.4 is 5.32 Å². The molecule has 0 aliphatic rings. The average molecular weight is 173 g/mol. The maximum absolute atomic E-state index is 8.76. The second-order valence-electron chi connectivity index (χ2n) is 2.63. The number of hydrogen-bond acceptors (Lipinski definition) is 3. The molecular weight excluding hydrogens is 162 g/mol. The lowest BCUT2D eigenvalue weighted by Gasteiger charge is -2.06.